The minimum Gasteiger partial charge on any atom is -0.387 e. The number of amides is 1. The Morgan fingerprint density at radius 3 is 2.79 bits per heavy atom. The summed E-state index contributed by atoms with van der Waals surface area (Å²) >= 11 is 5.92. The Balaban J connectivity index is 1.41. The minimum absolute atomic E-state index is 0.0326. The first-order valence-electron chi connectivity index (χ1n) is 10.0. The Morgan fingerprint density at radius 1 is 1.31 bits per heavy atom. The van der Waals surface area contributed by atoms with Gasteiger partial charge >= 0.3 is 0 Å². The minimum atomic E-state index is -0.576. The standard InChI is InChI=1S/C21H26ClN5O2/c1-13-11-26(21(29)17(23)10-14-2-4-15(22)5-3-14)8-9-27(13)20-16-6-7-18(28)19(16)24-12-25-20/h2-5,12-13,17-18,28H,6-11,23H2,1H3/t13-,17+,18-/m0/s1. The summed E-state index contributed by atoms with van der Waals surface area (Å²) in [6.07, 6.45) is 2.98. The maximum Gasteiger partial charge on any atom is 0.239 e. The zero-order valence-electron chi connectivity index (χ0n) is 16.5. The molecule has 3 atom stereocenters. The number of rotatable bonds is 4. The van der Waals surface area contributed by atoms with Gasteiger partial charge in [0.2, 0.25) is 5.91 Å². The van der Waals surface area contributed by atoms with Crippen molar-refractivity contribution in [1.82, 2.24) is 14.9 Å². The summed E-state index contributed by atoms with van der Waals surface area (Å²) in [6, 6.07) is 6.96. The molecular formula is C21H26ClN5O2. The zero-order chi connectivity index (χ0) is 20.5. The number of carbonyl (C=O) groups is 1. The van der Waals surface area contributed by atoms with Crippen LogP contribution in [0.1, 0.15) is 36.3 Å². The quantitative estimate of drug-likeness (QED) is 0.789. The summed E-state index contributed by atoms with van der Waals surface area (Å²) in [5.74, 6) is 0.853. The molecule has 1 aromatic carbocycles. The molecule has 0 radical (unpaired) electrons. The topological polar surface area (TPSA) is 95.6 Å². The number of nitrogens with zero attached hydrogens (tertiary/aromatic N) is 4. The van der Waals surface area contributed by atoms with Crippen molar-refractivity contribution in [2.24, 2.45) is 5.73 Å². The molecular weight excluding hydrogens is 390 g/mol. The highest BCUT2D eigenvalue weighted by molar-refractivity contribution is 6.30. The lowest BCUT2D eigenvalue weighted by Crippen LogP contribution is -2.57. The van der Waals surface area contributed by atoms with E-state index in [4.69, 9.17) is 17.3 Å². The van der Waals surface area contributed by atoms with Crippen LogP contribution in [0.15, 0.2) is 30.6 Å². The van der Waals surface area contributed by atoms with Crippen LogP contribution in [0.4, 0.5) is 5.82 Å². The van der Waals surface area contributed by atoms with E-state index >= 15 is 0 Å². The van der Waals surface area contributed by atoms with Crippen molar-refractivity contribution in [3.05, 3.63) is 52.4 Å². The second kappa shape index (κ2) is 8.26. The molecule has 2 aromatic rings. The number of fused-ring (bicyclic) bond motifs is 1. The van der Waals surface area contributed by atoms with E-state index in [1.54, 1.807) is 0 Å². The van der Waals surface area contributed by atoms with Crippen LogP contribution in [0.3, 0.4) is 0 Å². The maximum atomic E-state index is 12.9. The third kappa shape index (κ3) is 4.08. The summed E-state index contributed by atoms with van der Waals surface area (Å²) in [5.41, 5.74) is 8.98. The van der Waals surface area contributed by atoms with Crippen molar-refractivity contribution >= 4 is 23.3 Å². The van der Waals surface area contributed by atoms with Crippen molar-refractivity contribution in [3.63, 3.8) is 0 Å². The van der Waals surface area contributed by atoms with E-state index in [1.807, 2.05) is 29.2 Å². The molecule has 8 heteroatoms. The number of benzene rings is 1. The molecule has 1 aliphatic heterocycles. The van der Waals surface area contributed by atoms with Crippen molar-refractivity contribution in [1.29, 1.82) is 0 Å². The van der Waals surface area contributed by atoms with Crippen LogP contribution in [0.2, 0.25) is 5.02 Å². The number of anilines is 1. The van der Waals surface area contributed by atoms with Gasteiger partial charge in [-0.15, -0.1) is 0 Å². The second-order valence-corrected chi connectivity index (χ2v) is 8.32. The van der Waals surface area contributed by atoms with E-state index in [-0.39, 0.29) is 11.9 Å². The number of halogens is 1. The summed E-state index contributed by atoms with van der Waals surface area (Å²) in [6.45, 7) is 3.96. The van der Waals surface area contributed by atoms with Crippen LogP contribution >= 0.6 is 11.6 Å². The van der Waals surface area contributed by atoms with Gasteiger partial charge < -0.3 is 20.6 Å². The Kier molecular flexibility index (Phi) is 5.72. The van der Waals surface area contributed by atoms with Crippen LogP contribution in [0, 0.1) is 0 Å². The number of aliphatic hydroxyl groups is 1. The number of hydrogen-bond donors (Lipinski definition) is 2. The molecule has 1 aromatic heterocycles. The Hall–Kier alpha value is -2.22. The second-order valence-electron chi connectivity index (χ2n) is 7.88. The molecule has 1 amide bonds. The molecule has 0 bridgehead atoms. The maximum absolute atomic E-state index is 12.9. The van der Waals surface area contributed by atoms with E-state index in [9.17, 15) is 9.90 Å². The van der Waals surface area contributed by atoms with Gasteiger partial charge in [-0.2, -0.15) is 0 Å². The summed E-state index contributed by atoms with van der Waals surface area (Å²) in [4.78, 5) is 25.7. The number of carbonyl (C=O) groups excluding carboxylic acids is 1. The molecule has 3 N–H and O–H groups in total. The van der Waals surface area contributed by atoms with Gasteiger partial charge in [0.1, 0.15) is 12.1 Å². The molecule has 0 unspecified atom stereocenters. The number of hydrogen-bond acceptors (Lipinski definition) is 6. The molecule has 4 rings (SSSR count). The van der Waals surface area contributed by atoms with Gasteiger partial charge in [0.05, 0.1) is 17.8 Å². The van der Waals surface area contributed by atoms with Crippen LogP contribution in [-0.2, 0) is 17.6 Å². The van der Waals surface area contributed by atoms with Gasteiger partial charge in [0, 0.05) is 36.3 Å². The van der Waals surface area contributed by atoms with Gasteiger partial charge in [-0.25, -0.2) is 9.97 Å². The predicted molar refractivity (Wildman–Crippen MR) is 112 cm³/mol. The smallest absolute Gasteiger partial charge is 0.239 e. The van der Waals surface area contributed by atoms with E-state index in [0.29, 0.717) is 37.5 Å². The fraction of sp³-hybridized carbons (Fsp3) is 0.476. The third-order valence-electron chi connectivity index (χ3n) is 5.84. The fourth-order valence-electron chi connectivity index (χ4n) is 4.28. The summed E-state index contributed by atoms with van der Waals surface area (Å²) in [5, 5.41) is 10.8. The lowest BCUT2D eigenvalue weighted by atomic mass is 10.0. The highest BCUT2D eigenvalue weighted by Crippen LogP contribution is 2.35. The number of aliphatic hydroxyl groups excluding tert-OH is 1. The summed E-state index contributed by atoms with van der Waals surface area (Å²) in [7, 11) is 0. The Labute approximate surface area is 175 Å². The highest BCUT2D eigenvalue weighted by Gasteiger charge is 2.33. The molecule has 1 aliphatic carbocycles. The molecule has 154 valence electrons. The molecule has 0 spiro atoms. The average molecular weight is 416 g/mol. The average Bonchev–Trinajstić information content (AvgIpc) is 3.10. The van der Waals surface area contributed by atoms with E-state index in [0.717, 1.165) is 29.1 Å². The Bertz CT molecular complexity index is 891. The monoisotopic (exact) mass is 415 g/mol. The molecule has 0 saturated carbocycles. The fourth-order valence-corrected chi connectivity index (χ4v) is 4.40. The first-order chi connectivity index (χ1) is 13.9. The molecule has 7 nitrogen and oxygen atoms in total. The first kappa shape index (κ1) is 20.1. The highest BCUT2D eigenvalue weighted by atomic mass is 35.5. The van der Waals surface area contributed by atoms with Gasteiger partial charge in [-0.05, 0) is 43.9 Å². The van der Waals surface area contributed by atoms with Gasteiger partial charge in [-0.1, -0.05) is 23.7 Å². The predicted octanol–water partition coefficient (Wildman–Crippen LogP) is 1.72. The normalized spacial score (nSPS) is 22.5. The molecule has 1 saturated heterocycles. The lowest BCUT2D eigenvalue weighted by molar-refractivity contribution is -0.133. The number of piperazine rings is 1. The molecule has 2 aliphatic rings. The molecule has 2 heterocycles. The lowest BCUT2D eigenvalue weighted by Gasteiger charge is -2.41. The van der Waals surface area contributed by atoms with Crippen molar-refractivity contribution in [3.8, 4) is 0 Å². The van der Waals surface area contributed by atoms with Crippen LogP contribution in [0.5, 0.6) is 0 Å². The van der Waals surface area contributed by atoms with Gasteiger partial charge in [-0.3, -0.25) is 4.79 Å². The van der Waals surface area contributed by atoms with Gasteiger partial charge in [0.25, 0.3) is 0 Å². The Morgan fingerprint density at radius 2 is 2.07 bits per heavy atom. The van der Waals surface area contributed by atoms with E-state index < -0.39 is 12.1 Å². The van der Waals surface area contributed by atoms with E-state index in [1.165, 1.54) is 6.33 Å². The van der Waals surface area contributed by atoms with Crippen LogP contribution in [-0.4, -0.2) is 57.6 Å². The van der Waals surface area contributed by atoms with Gasteiger partial charge in [0.15, 0.2) is 0 Å². The third-order valence-corrected chi connectivity index (χ3v) is 6.09. The van der Waals surface area contributed by atoms with Crippen LogP contribution < -0.4 is 10.6 Å². The van der Waals surface area contributed by atoms with Crippen molar-refractivity contribution in [2.45, 2.75) is 44.4 Å². The SMILES string of the molecule is C[C@H]1CN(C(=O)[C@H](N)Cc2ccc(Cl)cc2)CCN1c1ncnc2c1CC[C@@H]2O. The number of aromatic nitrogens is 2. The number of nitrogens with two attached hydrogens (primary N) is 1. The zero-order valence-corrected chi connectivity index (χ0v) is 17.2. The van der Waals surface area contributed by atoms with E-state index in [2.05, 4.69) is 21.8 Å². The largest absolute Gasteiger partial charge is 0.387 e. The molecule has 29 heavy (non-hydrogen) atoms. The molecule has 1 fully saturated rings. The first-order valence-corrected chi connectivity index (χ1v) is 10.4. The van der Waals surface area contributed by atoms with Crippen molar-refractivity contribution in [2.75, 3.05) is 24.5 Å². The summed E-state index contributed by atoms with van der Waals surface area (Å²) < 4.78 is 0. The van der Waals surface area contributed by atoms with Crippen LogP contribution in [0.25, 0.3) is 0 Å². The van der Waals surface area contributed by atoms with Crippen molar-refractivity contribution < 1.29 is 9.90 Å².